The largest absolute Gasteiger partial charge is 0.312 e. The van der Waals surface area contributed by atoms with Crippen LogP contribution in [0.25, 0.3) is 21.0 Å². The second-order valence-electron chi connectivity index (χ2n) is 6.17. The highest BCUT2D eigenvalue weighted by atomic mass is 32.1. The number of non-ortho nitro benzene ring substituents is 1. The van der Waals surface area contributed by atoms with Gasteiger partial charge in [0.25, 0.3) is 11.6 Å². The molecular formula is C21H15N3O3S. The Morgan fingerprint density at radius 1 is 1.14 bits per heavy atom. The van der Waals surface area contributed by atoms with E-state index in [-0.39, 0.29) is 11.6 Å². The van der Waals surface area contributed by atoms with E-state index in [4.69, 9.17) is 0 Å². The fourth-order valence-corrected chi connectivity index (χ4v) is 4.05. The molecule has 3 aromatic carbocycles. The molecule has 4 aromatic rings. The molecule has 1 heterocycles. The van der Waals surface area contributed by atoms with Gasteiger partial charge in [-0.2, -0.15) is 4.99 Å². The zero-order valence-electron chi connectivity index (χ0n) is 14.7. The summed E-state index contributed by atoms with van der Waals surface area (Å²) in [5.74, 6) is -0.357. The lowest BCUT2D eigenvalue weighted by Crippen LogP contribution is -2.16. The van der Waals surface area contributed by atoms with Gasteiger partial charge in [0, 0.05) is 24.2 Å². The molecule has 0 aliphatic heterocycles. The van der Waals surface area contributed by atoms with Gasteiger partial charge in [0.05, 0.1) is 15.1 Å². The average molecular weight is 389 g/mol. The van der Waals surface area contributed by atoms with Gasteiger partial charge < -0.3 is 4.57 Å². The number of nitro groups is 1. The summed E-state index contributed by atoms with van der Waals surface area (Å²) < 4.78 is 2.58. The standard InChI is InChI=1S/C21H15N3O3S/c1-2-11-23-18-13-17(24(26)27)9-10-19(18)28-21(23)22-20(25)16-8-7-14-5-3-4-6-15(14)12-16/h2-10,12-13H,1,11H2. The summed E-state index contributed by atoms with van der Waals surface area (Å²) in [5.41, 5.74) is 1.15. The third kappa shape index (κ3) is 3.23. The average Bonchev–Trinajstić information content (AvgIpc) is 3.04. The second kappa shape index (κ2) is 7.21. The number of hydrogen-bond acceptors (Lipinski definition) is 4. The van der Waals surface area contributed by atoms with Gasteiger partial charge in [0.2, 0.25) is 0 Å². The molecule has 28 heavy (non-hydrogen) atoms. The van der Waals surface area contributed by atoms with Gasteiger partial charge in [-0.25, -0.2) is 0 Å². The molecule has 138 valence electrons. The fraction of sp³-hybridized carbons (Fsp3) is 0.0476. The van der Waals surface area contributed by atoms with Gasteiger partial charge in [0.1, 0.15) is 0 Å². The van der Waals surface area contributed by atoms with Crippen molar-refractivity contribution >= 4 is 43.9 Å². The highest BCUT2D eigenvalue weighted by molar-refractivity contribution is 7.16. The van der Waals surface area contributed by atoms with E-state index in [0.29, 0.717) is 22.4 Å². The van der Waals surface area contributed by atoms with Gasteiger partial charge in [-0.05, 0) is 29.0 Å². The van der Waals surface area contributed by atoms with E-state index in [9.17, 15) is 14.9 Å². The van der Waals surface area contributed by atoms with E-state index in [2.05, 4.69) is 11.6 Å². The highest BCUT2D eigenvalue weighted by Gasteiger charge is 2.13. The molecule has 4 rings (SSSR count). The summed E-state index contributed by atoms with van der Waals surface area (Å²) in [6.07, 6.45) is 1.67. The third-order valence-electron chi connectivity index (χ3n) is 4.38. The number of benzene rings is 3. The summed E-state index contributed by atoms with van der Waals surface area (Å²) in [5, 5.41) is 13.1. The lowest BCUT2D eigenvalue weighted by atomic mass is 10.1. The number of hydrogen-bond donors (Lipinski definition) is 0. The maximum Gasteiger partial charge on any atom is 0.279 e. The Hall–Kier alpha value is -3.58. The van der Waals surface area contributed by atoms with Crippen molar-refractivity contribution in [3.05, 3.63) is 93.8 Å². The quantitative estimate of drug-likeness (QED) is 0.289. The first-order valence-corrected chi connectivity index (χ1v) is 9.35. The number of allylic oxidation sites excluding steroid dienone is 1. The molecule has 6 nitrogen and oxygen atoms in total. The molecule has 0 radical (unpaired) electrons. The smallest absolute Gasteiger partial charge is 0.279 e. The molecule has 0 spiro atoms. The molecule has 7 heteroatoms. The van der Waals surface area contributed by atoms with Crippen LogP contribution >= 0.6 is 11.3 Å². The summed E-state index contributed by atoms with van der Waals surface area (Å²) >= 11 is 1.32. The lowest BCUT2D eigenvalue weighted by Gasteiger charge is -2.02. The van der Waals surface area contributed by atoms with Crippen LogP contribution in [0.15, 0.2) is 78.3 Å². The number of rotatable bonds is 4. The summed E-state index contributed by atoms with van der Waals surface area (Å²) in [6, 6.07) is 17.9. The molecule has 1 amide bonds. The van der Waals surface area contributed by atoms with E-state index in [0.717, 1.165) is 15.5 Å². The zero-order valence-corrected chi connectivity index (χ0v) is 15.6. The number of nitrogens with zero attached hydrogens (tertiary/aromatic N) is 3. The Morgan fingerprint density at radius 2 is 1.93 bits per heavy atom. The van der Waals surface area contributed by atoms with E-state index < -0.39 is 4.92 Å². The number of thiazole rings is 1. The van der Waals surface area contributed by atoms with Crippen LogP contribution in [0.5, 0.6) is 0 Å². The minimum absolute atomic E-state index is 0.00415. The Balaban J connectivity index is 1.84. The molecule has 0 saturated carbocycles. The predicted octanol–water partition coefficient (Wildman–Crippen LogP) is 4.69. The number of aromatic nitrogens is 1. The number of carbonyl (C=O) groups excluding carboxylic acids is 1. The van der Waals surface area contributed by atoms with Crippen LogP contribution in [0.3, 0.4) is 0 Å². The van der Waals surface area contributed by atoms with Crippen molar-refractivity contribution in [1.29, 1.82) is 0 Å². The fourth-order valence-electron chi connectivity index (χ4n) is 3.04. The van der Waals surface area contributed by atoms with Crippen molar-refractivity contribution in [3.8, 4) is 0 Å². The molecule has 0 atom stereocenters. The summed E-state index contributed by atoms with van der Waals surface area (Å²) in [6.45, 7) is 4.13. The summed E-state index contributed by atoms with van der Waals surface area (Å²) in [4.78, 5) is 28.2. The maximum absolute atomic E-state index is 12.8. The first kappa shape index (κ1) is 17.8. The zero-order chi connectivity index (χ0) is 19.7. The van der Waals surface area contributed by atoms with E-state index in [1.165, 1.54) is 23.5 Å². The van der Waals surface area contributed by atoms with Crippen molar-refractivity contribution in [2.45, 2.75) is 6.54 Å². The Bertz CT molecular complexity index is 1320. The van der Waals surface area contributed by atoms with Crippen LogP contribution in [0.4, 0.5) is 5.69 Å². The molecule has 0 saturated heterocycles. The molecular weight excluding hydrogens is 374 g/mol. The summed E-state index contributed by atoms with van der Waals surface area (Å²) in [7, 11) is 0. The molecule has 0 unspecified atom stereocenters. The molecule has 0 aliphatic carbocycles. The van der Waals surface area contributed by atoms with Crippen LogP contribution in [-0.2, 0) is 6.54 Å². The Morgan fingerprint density at radius 3 is 2.68 bits per heavy atom. The van der Waals surface area contributed by atoms with E-state index in [1.807, 2.05) is 36.4 Å². The van der Waals surface area contributed by atoms with Gasteiger partial charge in [-0.15, -0.1) is 6.58 Å². The van der Waals surface area contributed by atoms with Crippen molar-refractivity contribution in [1.82, 2.24) is 4.57 Å². The van der Waals surface area contributed by atoms with E-state index >= 15 is 0 Å². The van der Waals surface area contributed by atoms with Crippen LogP contribution in [0, 0.1) is 10.1 Å². The molecule has 0 bridgehead atoms. The number of nitro benzene ring substituents is 1. The number of amides is 1. The first-order chi connectivity index (χ1) is 13.6. The monoisotopic (exact) mass is 389 g/mol. The Labute approximate surface area is 163 Å². The van der Waals surface area contributed by atoms with Gasteiger partial charge in [0.15, 0.2) is 4.80 Å². The van der Waals surface area contributed by atoms with Gasteiger partial charge in [-0.1, -0.05) is 47.7 Å². The van der Waals surface area contributed by atoms with Crippen molar-refractivity contribution in [2.75, 3.05) is 0 Å². The van der Waals surface area contributed by atoms with Crippen molar-refractivity contribution < 1.29 is 9.72 Å². The van der Waals surface area contributed by atoms with Crippen LogP contribution in [0.1, 0.15) is 10.4 Å². The van der Waals surface area contributed by atoms with Crippen molar-refractivity contribution in [3.63, 3.8) is 0 Å². The Kier molecular flexibility index (Phi) is 4.58. The molecule has 0 N–H and O–H groups in total. The number of fused-ring (bicyclic) bond motifs is 2. The number of carbonyl (C=O) groups is 1. The second-order valence-corrected chi connectivity index (χ2v) is 7.18. The van der Waals surface area contributed by atoms with E-state index in [1.54, 1.807) is 22.8 Å². The van der Waals surface area contributed by atoms with Gasteiger partial charge >= 0.3 is 0 Å². The molecule has 0 fully saturated rings. The minimum atomic E-state index is -0.438. The molecule has 1 aromatic heterocycles. The minimum Gasteiger partial charge on any atom is -0.312 e. The normalized spacial score (nSPS) is 11.8. The lowest BCUT2D eigenvalue weighted by molar-refractivity contribution is -0.384. The van der Waals surface area contributed by atoms with Crippen LogP contribution < -0.4 is 4.80 Å². The third-order valence-corrected chi connectivity index (χ3v) is 5.44. The van der Waals surface area contributed by atoms with Crippen LogP contribution in [0.2, 0.25) is 0 Å². The maximum atomic E-state index is 12.8. The van der Waals surface area contributed by atoms with Gasteiger partial charge in [-0.3, -0.25) is 14.9 Å². The predicted molar refractivity (Wildman–Crippen MR) is 111 cm³/mol. The SMILES string of the molecule is C=CCn1c(=NC(=O)c2ccc3ccccc3c2)sc2ccc([N+](=O)[O-])cc21. The first-order valence-electron chi connectivity index (χ1n) is 8.53. The van der Waals surface area contributed by atoms with Crippen molar-refractivity contribution in [2.24, 2.45) is 4.99 Å². The highest BCUT2D eigenvalue weighted by Crippen LogP contribution is 2.23. The topological polar surface area (TPSA) is 77.5 Å². The van der Waals surface area contributed by atoms with Crippen LogP contribution in [-0.4, -0.2) is 15.4 Å². The molecule has 0 aliphatic rings.